The normalized spacial score (nSPS) is 11.8. The summed E-state index contributed by atoms with van der Waals surface area (Å²) in [6, 6.07) is 8.47. The molecule has 0 aliphatic heterocycles. The van der Waals surface area contributed by atoms with E-state index in [9.17, 15) is 18.0 Å². The number of likely N-dealkylation sites (N-methyl/N-ethyl adjacent to an activating group) is 1. The number of halogens is 3. The smallest absolute Gasteiger partial charge is 0.351 e. The predicted molar refractivity (Wildman–Crippen MR) is 84.6 cm³/mol. The van der Waals surface area contributed by atoms with Crippen molar-refractivity contribution in [1.82, 2.24) is 20.0 Å². The number of benzene rings is 1. The van der Waals surface area contributed by atoms with Crippen molar-refractivity contribution in [3.05, 3.63) is 42.1 Å². The van der Waals surface area contributed by atoms with Crippen molar-refractivity contribution >= 4 is 5.91 Å². The van der Waals surface area contributed by atoms with Crippen LogP contribution in [-0.4, -0.2) is 53.9 Å². The maximum Gasteiger partial charge on any atom is 0.408 e. The first kappa shape index (κ1) is 18.0. The summed E-state index contributed by atoms with van der Waals surface area (Å²) in [7, 11) is 3.73. The van der Waals surface area contributed by atoms with Crippen LogP contribution in [0.2, 0.25) is 0 Å². The lowest BCUT2D eigenvalue weighted by molar-refractivity contribution is -0.142. The zero-order valence-electron chi connectivity index (χ0n) is 13.5. The van der Waals surface area contributed by atoms with Crippen molar-refractivity contribution in [3.8, 4) is 11.3 Å². The molecule has 0 spiro atoms. The van der Waals surface area contributed by atoms with Gasteiger partial charge in [0.15, 0.2) is 0 Å². The molecule has 5 nitrogen and oxygen atoms in total. The summed E-state index contributed by atoms with van der Waals surface area (Å²) in [4.78, 5) is 14.2. The van der Waals surface area contributed by atoms with E-state index in [0.29, 0.717) is 18.7 Å². The van der Waals surface area contributed by atoms with Crippen LogP contribution in [0.3, 0.4) is 0 Å². The van der Waals surface area contributed by atoms with Crippen LogP contribution in [0.4, 0.5) is 13.2 Å². The quantitative estimate of drug-likeness (QED) is 0.879. The first-order valence-corrected chi connectivity index (χ1v) is 7.39. The molecule has 1 N–H and O–H groups in total. The third-order valence-electron chi connectivity index (χ3n) is 3.30. The van der Waals surface area contributed by atoms with Crippen LogP contribution in [0.1, 0.15) is 10.4 Å². The molecule has 1 amide bonds. The number of nitrogens with zero attached hydrogens (tertiary/aromatic N) is 3. The summed E-state index contributed by atoms with van der Waals surface area (Å²) >= 11 is 0. The van der Waals surface area contributed by atoms with Gasteiger partial charge in [-0.2, -0.15) is 18.3 Å². The minimum Gasteiger partial charge on any atom is -0.351 e. The van der Waals surface area contributed by atoms with E-state index in [2.05, 4.69) is 10.4 Å². The minimum absolute atomic E-state index is 0.129. The van der Waals surface area contributed by atoms with Gasteiger partial charge >= 0.3 is 6.18 Å². The summed E-state index contributed by atoms with van der Waals surface area (Å²) in [6.07, 6.45) is -3.24. The summed E-state index contributed by atoms with van der Waals surface area (Å²) in [6.45, 7) is -0.226. The Labute approximate surface area is 138 Å². The Hall–Kier alpha value is -2.35. The Bertz CT molecular complexity index is 680. The molecule has 2 aromatic rings. The van der Waals surface area contributed by atoms with Crippen LogP contribution < -0.4 is 5.32 Å². The Morgan fingerprint density at radius 3 is 2.50 bits per heavy atom. The number of aromatic nitrogens is 2. The van der Waals surface area contributed by atoms with E-state index in [1.54, 1.807) is 30.3 Å². The van der Waals surface area contributed by atoms with Crippen molar-refractivity contribution in [3.63, 3.8) is 0 Å². The molecule has 0 aliphatic rings. The topological polar surface area (TPSA) is 50.2 Å². The van der Waals surface area contributed by atoms with Crippen LogP contribution >= 0.6 is 0 Å². The van der Waals surface area contributed by atoms with Crippen molar-refractivity contribution in [2.24, 2.45) is 0 Å². The van der Waals surface area contributed by atoms with Gasteiger partial charge in [-0.05, 0) is 14.1 Å². The van der Waals surface area contributed by atoms with Crippen molar-refractivity contribution in [1.29, 1.82) is 0 Å². The molecule has 2 rings (SSSR count). The lowest BCUT2D eigenvalue weighted by Crippen LogP contribution is -2.31. The fourth-order valence-electron chi connectivity index (χ4n) is 2.23. The Balaban J connectivity index is 2.32. The van der Waals surface area contributed by atoms with Crippen molar-refractivity contribution in [2.75, 3.05) is 27.2 Å². The second-order valence-electron chi connectivity index (χ2n) is 5.60. The highest BCUT2D eigenvalue weighted by Gasteiger charge is 2.31. The maximum atomic E-state index is 12.8. The van der Waals surface area contributed by atoms with E-state index in [4.69, 9.17) is 0 Å². The van der Waals surface area contributed by atoms with E-state index in [1.807, 2.05) is 19.0 Å². The molecule has 0 saturated carbocycles. The lowest BCUT2D eigenvalue weighted by atomic mass is 10.1. The highest BCUT2D eigenvalue weighted by Crippen LogP contribution is 2.27. The Kier molecular flexibility index (Phi) is 5.61. The number of nitrogens with one attached hydrogen (secondary N) is 1. The summed E-state index contributed by atoms with van der Waals surface area (Å²) in [5, 5.41) is 6.47. The van der Waals surface area contributed by atoms with Gasteiger partial charge in [0.05, 0.1) is 17.5 Å². The number of rotatable bonds is 6. The summed E-state index contributed by atoms with van der Waals surface area (Å²) in [5.74, 6) is -0.441. The van der Waals surface area contributed by atoms with E-state index >= 15 is 0 Å². The average molecular weight is 340 g/mol. The van der Waals surface area contributed by atoms with Crippen molar-refractivity contribution in [2.45, 2.75) is 12.7 Å². The third kappa shape index (κ3) is 4.82. The fraction of sp³-hybridized carbons (Fsp3) is 0.375. The summed E-state index contributed by atoms with van der Waals surface area (Å²) < 4.78 is 39.1. The molecule has 8 heteroatoms. The lowest BCUT2D eigenvalue weighted by Gasteiger charge is -2.13. The largest absolute Gasteiger partial charge is 0.408 e. The van der Waals surface area contributed by atoms with Crippen LogP contribution in [0.15, 0.2) is 36.5 Å². The number of hydrogen-bond acceptors (Lipinski definition) is 3. The SMILES string of the molecule is CN(C)CCNC(=O)c1cnn(CC(F)(F)F)c1-c1ccccc1. The van der Waals surface area contributed by atoms with Gasteiger partial charge in [0.25, 0.3) is 5.91 Å². The van der Waals surface area contributed by atoms with Crippen LogP contribution in [0.25, 0.3) is 11.3 Å². The summed E-state index contributed by atoms with van der Waals surface area (Å²) in [5.41, 5.74) is 0.802. The van der Waals surface area contributed by atoms with Gasteiger partial charge in [0.1, 0.15) is 6.54 Å². The number of carbonyl (C=O) groups is 1. The van der Waals surface area contributed by atoms with Gasteiger partial charge < -0.3 is 10.2 Å². The Morgan fingerprint density at radius 2 is 1.92 bits per heavy atom. The van der Waals surface area contributed by atoms with E-state index in [0.717, 1.165) is 4.68 Å². The van der Waals surface area contributed by atoms with Crippen LogP contribution in [-0.2, 0) is 6.54 Å². The molecule has 1 aromatic carbocycles. The molecule has 0 saturated heterocycles. The molecule has 0 radical (unpaired) electrons. The van der Waals surface area contributed by atoms with Gasteiger partial charge in [0, 0.05) is 18.7 Å². The van der Waals surface area contributed by atoms with Gasteiger partial charge in [-0.1, -0.05) is 30.3 Å². The fourth-order valence-corrected chi connectivity index (χ4v) is 2.23. The Morgan fingerprint density at radius 1 is 1.25 bits per heavy atom. The zero-order chi connectivity index (χ0) is 17.7. The van der Waals surface area contributed by atoms with Gasteiger partial charge in [-0.3, -0.25) is 9.48 Å². The molecule has 1 heterocycles. The third-order valence-corrected chi connectivity index (χ3v) is 3.30. The molecule has 0 atom stereocenters. The van der Waals surface area contributed by atoms with E-state index in [-0.39, 0.29) is 11.3 Å². The molecule has 0 bridgehead atoms. The molecular weight excluding hydrogens is 321 g/mol. The number of alkyl halides is 3. The molecule has 0 unspecified atom stereocenters. The number of hydrogen-bond donors (Lipinski definition) is 1. The standard InChI is InChI=1S/C16H19F3N4O/c1-22(2)9-8-20-15(24)13-10-21-23(11-16(17,18)19)14(13)12-6-4-3-5-7-12/h3-7,10H,8-9,11H2,1-2H3,(H,20,24). The second-order valence-corrected chi connectivity index (χ2v) is 5.60. The molecule has 130 valence electrons. The van der Waals surface area contributed by atoms with E-state index in [1.165, 1.54) is 6.20 Å². The highest BCUT2D eigenvalue weighted by atomic mass is 19.4. The first-order valence-electron chi connectivity index (χ1n) is 7.39. The predicted octanol–water partition coefficient (Wildman–Crippen LogP) is 2.40. The first-order chi connectivity index (χ1) is 11.3. The maximum absolute atomic E-state index is 12.8. The molecule has 0 fully saturated rings. The van der Waals surface area contributed by atoms with Gasteiger partial charge in [-0.15, -0.1) is 0 Å². The molecule has 24 heavy (non-hydrogen) atoms. The van der Waals surface area contributed by atoms with Crippen LogP contribution in [0.5, 0.6) is 0 Å². The average Bonchev–Trinajstić information content (AvgIpc) is 2.89. The number of carbonyl (C=O) groups excluding carboxylic acids is 1. The zero-order valence-corrected chi connectivity index (χ0v) is 13.5. The monoisotopic (exact) mass is 340 g/mol. The van der Waals surface area contributed by atoms with Crippen LogP contribution in [0, 0.1) is 0 Å². The highest BCUT2D eigenvalue weighted by molar-refractivity contribution is 5.99. The van der Waals surface area contributed by atoms with E-state index < -0.39 is 18.6 Å². The molecule has 1 aromatic heterocycles. The van der Waals surface area contributed by atoms with Crippen molar-refractivity contribution < 1.29 is 18.0 Å². The molecule has 0 aliphatic carbocycles. The minimum atomic E-state index is -4.42. The number of amides is 1. The van der Waals surface area contributed by atoms with Gasteiger partial charge in [-0.25, -0.2) is 0 Å². The van der Waals surface area contributed by atoms with Gasteiger partial charge in [0.2, 0.25) is 0 Å². The second kappa shape index (κ2) is 7.48. The molecular formula is C16H19F3N4O.